The van der Waals surface area contributed by atoms with Gasteiger partial charge in [-0.3, -0.25) is 4.79 Å². The first kappa shape index (κ1) is 16.6. The fourth-order valence-corrected chi connectivity index (χ4v) is 2.82. The summed E-state index contributed by atoms with van der Waals surface area (Å²) in [5, 5.41) is 6.66. The smallest absolute Gasteiger partial charge is 0.263 e. The van der Waals surface area contributed by atoms with E-state index in [-0.39, 0.29) is 5.91 Å². The summed E-state index contributed by atoms with van der Waals surface area (Å²) < 4.78 is 6.70. The second kappa shape index (κ2) is 7.08. The van der Waals surface area contributed by atoms with Crippen LogP contribution in [0.15, 0.2) is 28.7 Å². The maximum atomic E-state index is 12.5. The third-order valence-electron chi connectivity index (χ3n) is 3.84. The van der Waals surface area contributed by atoms with Gasteiger partial charge in [-0.25, -0.2) is 5.10 Å². The molecule has 0 radical (unpaired) electrons. The van der Waals surface area contributed by atoms with Gasteiger partial charge in [0.1, 0.15) is 5.75 Å². The van der Waals surface area contributed by atoms with Crippen molar-refractivity contribution in [3.05, 3.63) is 28.7 Å². The first-order chi connectivity index (χ1) is 11.5. The van der Waals surface area contributed by atoms with E-state index in [1.165, 1.54) is 0 Å². The molecule has 24 heavy (non-hydrogen) atoms. The minimum absolute atomic E-state index is 0.0212. The standard InChI is InChI=1S/C15H19BrN6O2/c1-10(24-12-4-2-11(16)3-5-12)13(23)21-6-8-22(9-7-21)15-18-14(17)19-20-15/h2-5,10H,6-9H2,1H3,(H3,17,18,19,20). The average Bonchev–Trinajstić information content (AvgIpc) is 3.03. The van der Waals surface area contributed by atoms with Gasteiger partial charge in [-0.15, -0.1) is 5.10 Å². The molecule has 1 aliphatic rings. The highest BCUT2D eigenvalue weighted by Crippen LogP contribution is 2.18. The first-order valence-electron chi connectivity index (χ1n) is 7.67. The predicted octanol–water partition coefficient (Wildman–Crippen LogP) is 1.27. The summed E-state index contributed by atoms with van der Waals surface area (Å²) in [6.45, 7) is 4.29. The molecule has 8 nitrogen and oxygen atoms in total. The molecule has 2 heterocycles. The number of halogens is 1. The Morgan fingerprint density at radius 2 is 1.96 bits per heavy atom. The summed E-state index contributed by atoms with van der Waals surface area (Å²) in [5.74, 6) is 1.51. The van der Waals surface area contributed by atoms with Crippen molar-refractivity contribution in [2.45, 2.75) is 13.0 Å². The highest BCUT2D eigenvalue weighted by molar-refractivity contribution is 9.10. The Kier molecular flexibility index (Phi) is 4.89. The largest absolute Gasteiger partial charge is 0.481 e. The molecule has 1 atom stereocenters. The van der Waals surface area contributed by atoms with Crippen molar-refractivity contribution in [3.8, 4) is 5.75 Å². The Hall–Kier alpha value is -2.29. The molecule has 128 valence electrons. The topological polar surface area (TPSA) is 100 Å². The summed E-state index contributed by atoms with van der Waals surface area (Å²) >= 11 is 3.37. The molecule has 1 aliphatic heterocycles. The lowest BCUT2D eigenvalue weighted by Gasteiger charge is -2.35. The van der Waals surface area contributed by atoms with E-state index in [4.69, 9.17) is 10.5 Å². The number of nitrogens with zero attached hydrogens (tertiary/aromatic N) is 4. The van der Waals surface area contributed by atoms with Crippen molar-refractivity contribution in [1.29, 1.82) is 0 Å². The minimum Gasteiger partial charge on any atom is -0.481 e. The number of aromatic amines is 1. The summed E-state index contributed by atoms with van der Waals surface area (Å²) in [6, 6.07) is 7.43. The highest BCUT2D eigenvalue weighted by Gasteiger charge is 2.27. The fraction of sp³-hybridized carbons (Fsp3) is 0.400. The van der Waals surface area contributed by atoms with E-state index in [1.807, 2.05) is 29.2 Å². The number of H-pyrrole nitrogens is 1. The third-order valence-corrected chi connectivity index (χ3v) is 4.37. The number of amides is 1. The van der Waals surface area contributed by atoms with Gasteiger partial charge >= 0.3 is 0 Å². The van der Waals surface area contributed by atoms with E-state index in [2.05, 4.69) is 31.1 Å². The lowest BCUT2D eigenvalue weighted by Crippen LogP contribution is -2.52. The summed E-state index contributed by atoms with van der Waals surface area (Å²) in [6.07, 6.45) is -0.531. The Morgan fingerprint density at radius 3 is 2.54 bits per heavy atom. The molecule has 2 aromatic rings. The molecule has 1 amide bonds. The van der Waals surface area contributed by atoms with Gasteiger partial charge in [-0.1, -0.05) is 15.9 Å². The minimum atomic E-state index is -0.531. The van der Waals surface area contributed by atoms with E-state index in [0.29, 0.717) is 43.8 Å². The van der Waals surface area contributed by atoms with Crippen molar-refractivity contribution in [3.63, 3.8) is 0 Å². The highest BCUT2D eigenvalue weighted by atomic mass is 79.9. The van der Waals surface area contributed by atoms with Crippen LogP contribution in [0.1, 0.15) is 6.92 Å². The third kappa shape index (κ3) is 3.78. The molecule has 0 saturated carbocycles. The second-order valence-corrected chi connectivity index (χ2v) is 6.46. The number of anilines is 2. The summed E-state index contributed by atoms with van der Waals surface area (Å²) in [5.41, 5.74) is 5.54. The zero-order valence-corrected chi connectivity index (χ0v) is 14.9. The molecule has 1 aromatic carbocycles. The van der Waals surface area contributed by atoms with Crippen LogP contribution in [0.4, 0.5) is 11.9 Å². The Labute approximate surface area is 148 Å². The molecule has 1 fully saturated rings. The van der Waals surface area contributed by atoms with E-state index in [1.54, 1.807) is 11.8 Å². The number of nitrogens with two attached hydrogens (primary N) is 1. The summed E-state index contributed by atoms with van der Waals surface area (Å²) in [7, 11) is 0. The van der Waals surface area contributed by atoms with Crippen molar-refractivity contribution in [2.75, 3.05) is 36.8 Å². The number of hydrogen-bond donors (Lipinski definition) is 2. The molecule has 1 aromatic heterocycles. The Bertz CT molecular complexity index is 696. The lowest BCUT2D eigenvalue weighted by atomic mass is 10.2. The molecular formula is C15H19BrN6O2. The molecule has 0 spiro atoms. The van der Waals surface area contributed by atoms with Crippen LogP contribution in [0.25, 0.3) is 0 Å². The number of nitrogens with one attached hydrogen (secondary N) is 1. The number of aromatic nitrogens is 3. The number of carbonyl (C=O) groups excluding carboxylic acids is 1. The van der Waals surface area contributed by atoms with Crippen LogP contribution < -0.4 is 15.4 Å². The van der Waals surface area contributed by atoms with E-state index >= 15 is 0 Å². The molecule has 1 unspecified atom stereocenters. The predicted molar refractivity (Wildman–Crippen MR) is 93.8 cm³/mol. The van der Waals surface area contributed by atoms with Gasteiger partial charge in [0.05, 0.1) is 0 Å². The second-order valence-electron chi connectivity index (χ2n) is 5.55. The maximum absolute atomic E-state index is 12.5. The molecule has 1 saturated heterocycles. The number of rotatable bonds is 4. The number of nitrogen functional groups attached to an aromatic ring is 1. The van der Waals surface area contributed by atoms with Crippen molar-refractivity contribution >= 4 is 33.7 Å². The van der Waals surface area contributed by atoms with Crippen LogP contribution >= 0.6 is 15.9 Å². The van der Waals surface area contributed by atoms with Gasteiger partial charge < -0.3 is 20.3 Å². The monoisotopic (exact) mass is 394 g/mol. The molecular weight excluding hydrogens is 376 g/mol. The Balaban J connectivity index is 1.53. The van der Waals surface area contributed by atoms with E-state index in [9.17, 15) is 4.79 Å². The fourth-order valence-electron chi connectivity index (χ4n) is 2.56. The number of carbonyl (C=O) groups is 1. The summed E-state index contributed by atoms with van der Waals surface area (Å²) in [4.78, 5) is 20.4. The van der Waals surface area contributed by atoms with Crippen LogP contribution in [0.3, 0.4) is 0 Å². The number of piperazine rings is 1. The lowest BCUT2D eigenvalue weighted by molar-refractivity contribution is -0.138. The van der Waals surface area contributed by atoms with Crippen LogP contribution in [0.2, 0.25) is 0 Å². The molecule has 3 N–H and O–H groups in total. The quantitative estimate of drug-likeness (QED) is 0.809. The van der Waals surface area contributed by atoms with Crippen LogP contribution in [-0.4, -0.2) is 58.3 Å². The van der Waals surface area contributed by atoms with Gasteiger partial charge in [-0.2, -0.15) is 4.98 Å². The number of benzene rings is 1. The van der Waals surface area contributed by atoms with E-state index < -0.39 is 6.10 Å². The van der Waals surface area contributed by atoms with Crippen LogP contribution in [0, 0.1) is 0 Å². The van der Waals surface area contributed by atoms with Crippen molar-refractivity contribution in [1.82, 2.24) is 20.1 Å². The first-order valence-corrected chi connectivity index (χ1v) is 8.46. The van der Waals surface area contributed by atoms with Crippen LogP contribution in [-0.2, 0) is 4.79 Å². The molecule has 3 rings (SSSR count). The Morgan fingerprint density at radius 1 is 1.29 bits per heavy atom. The average molecular weight is 395 g/mol. The van der Waals surface area contributed by atoms with E-state index in [0.717, 1.165) is 4.47 Å². The molecule has 9 heteroatoms. The zero-order chi connectivity index (χ0) is 17.1. The van der Waals surface area contributed by atoms with Gasteiger partial charge in [0.15, 0.2) is 6.10 Å². The SMILES string of the molecule is CC(Oc1ccc(Br)cc1)C(=O)N1CCN(c2n[nH]c(N)n2)CC1. The van der Waals surface area contributed by atoms with Crippen molar-refractivity contribution < 1.29 is 9.53 Å². The van der Waals surface area contributed by atoms with Gasteiger partial charge in [0, 0.05) is 30.7 Å². The number of hydrogen-bond acceptors (Lipinski definition) is 6. The maximum Gasteiger partial charge on any atom is 0.263 e. The molecule has 0 bridgehead atoms. The van der Waals surface area contributed by atoms with Crippen molar-refractivity contribution in [2.24, 2.45) is 0 Å². The number of ether oxygens (including phenoxy) is 1. The van der Waals surface area contributed by atoms with Gasteiger partial charge in [0.25, 0.3) is 5.91 Å². The zero-order valence-electron chi connectivity index (χ0n) is 13.3. The van der Waals surface area contributed by atoms with Crippen LogP contribution in [0.5, 0.6) is 5.75 Å². The van der Waals surface area contributed by atoms with Gasteiger partial charge in [0.2, 0.25) is 11.9 Å². The normalized spacial score (nSPS) is 16.1. The van der Waals surface area contributed by atoms with Gasteiger partial charge in [-0.05, 0) is 31.2 Å². The molecule has 0 aliphatic carbocycles.